The zero-order chi connectivity index (χ0) is 15.9. The first-order valence-corrected chi connectivity index (χ1v) is 6.98. The lowest BCUT2D eigenvalue weighted by Crippen LogP contribution is -2.52. The molecule has 0 aromatic heterocycles. The highest BCUT2D eigenvalue weighted by Gasteiger charge is 2.26. The van der Waals surface area contributed by atoms with Gasteiger partial charge in [-0.15, -0.1) is 12.4 Å². The molecule has 0 aliphatic carbocycles. The number of halogens is 2. The molecular weight excluding hydrogens is 309 g/mol. The van der Waals surface area contributed by atoms with Crippen molar-refractivity contribution in [3.05, 3.63) is 35.6 Å². The Balaban J connectivity index is 0.00000441. The maximum Gasteiger partial charge on any atom is 0.254 e. The van der Waals surface area contributed by atoms with Crippen LogP contribution >= 0.6 is 12.4 Å². The number of hydrogen-bond acceptors (Lipinski definition) is 3. The molecule has 0 saturated carbocycles. The van der Waals surface area contributed by atoms with Crippen molar-refractivity contribution >= 4 is 24.2 Å². The largest absolute Gasteiger partial charge is 0.353 e. The first-order chi connectivity index (χ1) is 9.88. The smallest absolute Gasteiger partial charge is 0.254 e. The van der Waals surface area contributed by atoms with Crippen molar-refractivity contribution in [1.29, 1.82) is 0 Å². The molecule has 0 radical (unpaired) electrons. The summed E-state index contributed by atoms with van der Waals surface area (Å²) in [4.78, 5) is 23.5. The maximum atomic E-state index is 13.4. The SMILES string of the molecule is CCCC(C)(N)C(=O)NCCNC(=O)c1ccccc1F.Cl. The Hall–Kier alpha value is -1.66. The van der Waals surface area contributed by atoms with Crippen LogP contribution < -0.4 is 16.4 Å². The number of nitrogens with one attached hydrogen (secondary N) is 2. The topological polar surface area (TPSA) is 84.2 Å². The molecule has 1 unspecified atom stereocenters. The van der Waals surface area contributed by atoms with Gasteiger partial charge in [0.05, 0.1) is 11.1 Å². The molecule has 0 spiro atoms. The van der Waals surface area contributed by atoms with Crippen LogP contribution in [0.1, 0.15) is 37.0 Å². The number of nitrogens with two attached hydrogens (primary N) is 1. The molecule has 0 heterocycles. The third-order valence-corrected chi connectivity index (χ3v) is 3.10. The van der Waals surface area contributed by atoms with Gasteiger partial charge >= 0.3 is 0 Å². The maximum absolute atomic E-state index is 13.4. The second-order valence-corrected chi connectivity index (χ2v) is 5.16. The van der Waals surface area contributed by atoms with Gasteiger partial charge in [0.25, 0.3) is 5.91 Å². The van der Waals surface area contributed by atoms with Gasteiger partial charge in [-0.25, -0.2) is 4.39 Å². The first-order valence-electron chi connectivity index (χ1n) is 6.98. The van der Waals surface area contributed by atoms with Crippen LogP contribution in [0.5, 0.6) is 0 Å². The lowest BCUT2D eigenvalue weighted by molar-refractivity contribution is -0.126. The van der Waals surface area contributed by atoms with Crippen LogP contribution in [0.15, 0.2) is 24.3 Å². The van der Waals surface area contributed by atoms with Crippen LogP contribution in [0.25, 0.3) is 0 Å². The van der Waals surface area contributed by atoms with E-state index in [0.29, 0.717) is 6.42 Å². The first kappa shape index (κ1) is 20.3. The summed E-state index contributed by atoms with van der Waals surface area (Å²) in [5.74, 6) is -1.34. The molecule has 0 saturated heterocycles. The third-order valence-electron chi connectivity index (χ3n) is 3.10. The van der Waals surface area contributed by atoms with E-state index < -0.39 is 17.3 Å². The summed E-state index contributed by atoms with van der Waals surface area (Å²) in [6.45, 7) is 4.08. The second kappa shape index (κ2) is 9.38. The molecule has 124 valence electrons. The van der Waals surface area contributed by atoms with Crippen LogP contribution in [-0.4, -0.2) is 30.4 Å². The fourth-order valence-corrected chi connectivity index (χ4v) is 1.93. The summed E-state index contributed by atoms with van der Waals surface area (Å²) >= 11 is 0. The van der Waals surface area contributed by atoms with Gasteiger partial charge in [0.15, 0.2) is 0 Å². The molecule has 1 aromatic rings. The molecule has 22 heavy (non-hydrogen) atoms. The van der Waals surface area contributed by atoms with E-state index in [4.69, 9.17) is 5.73 Å². The van der Waals surface area contributed by atoms with Crippen molar-refractivity contribution < 1.29 is 14.0 Å². The van der Waals surface area contributed by atoms with Crippen molar-refractivity contribution in [2.75, 3.05) is 13.1 Å². The van der Waals surface area contributed by atoms with Gasteiger partial charge in [-0.3, -0.25) is 9.59 Å². The van der Waals surface area contributed by atoms with Crippen LogP contribution in [0.2, 0.25) is 0 Å². The highest BCUT2D eigenvalue weighted by molar-refractivity contribution is 5.94. The highest BCUT2D eigenvalue weighted by atomic mass is 35.5. The molecule has 0 aliphatic heterocycles. The Labute approximate surface area is 136 Å². The summed E-state index contributed by atoms with van der Waals surface area (Å²) in [6, 6.07) is 5.73. The van der Waals surface area contributed by atoms with E-state index in [-0.39, 0.29) is 37.0 Å². The molecule has 1 rings (SSSR count). The molecule has 1 aromatic carbocycles. The lowest BCUT2D eigenvalue weighted by Gasteiger charge is -2.22. The van der Waals surface area contributed by atoms with Gasteiger partial charge in [0, 0.05) is 13.1 Å². The quantitative estimate of drug-likeness (QED) is 0.664. The number of hydrogen-bond donors (Lipinski definition) is 3. The van der Waals surface area contributed by atoms with Crippen LogP contribution in [-0.2, 0) is 4.79 Å². The highest BCUT2D eigenvalue weighted by Crippen LogP contribution is 2.08. The van der Waals surface area contributed by atoms with E-state index >= 15 is 0 Å². The molecule has 7 heteroatoms. The van der Waals surface area contributed by atoms with E-state index in [1.807, 2.05) is 6.92 Å². The number of rotatable bonds is 7. The standard InChI is InChI=1S/C15H22FN3O2.ClH/c1-3-8-15(2,17)14(21)19-10-9-18-13(20)11-6-4-5-7-12(11)16;/h4-7H,3,8-10,17H2,1-2H3,(H,18,20)(H,19,21);1H. The van der Waals surface area contributed by atoms with Crippen molar-refractivity contribution in [3.63, 3.8) is 0 Å². The Morgan fingerprint density at radius 3 is 2.41 bits per heavy atom. The average Bonchev–Trinajstić information content (AvgIpc) is 2.43. The van der Waals surface area contributed by atoms with E-state index in [0.717, 1.165) is 6.42 Å². The summed E-state index contributed by atoms with van der Waals surface area (Å²) in [6.07, 6.45) is 1.39. The predicted molar refractivity (Wildman–Crippen MR) is 86.5 cm³/mol. The Bertz CT molecular complexity index is 509. The Kier molecular flexibility index (Phi) is 8.67. The van der Waals surface area contributed by atoms with Crippen LogP contribution in [0, 0.1) is 5.82 Å². The summed E-state index contributed by atoms with van der Waals surface area (Å²) < 4.78 is 13.4. The summed E-state index contributed by atoms with van der Waals surface area (Å²) in [5, 5.41) is 5.20. The lowest BCUT2D eigenvalue weighted by atomic mass is 9.97. The monoisotopic (exact) mass is 331 g/mol. The Morgan fingerprint density at radius 2 is 1.82 bits per heavy atom. The second-order valence-electron chi connectivity index (χ2n) is 5.16. The molecule has 0 bridgehead atoms. The van der Waals surface area contributed by atoms with Gasteiger partial charge < -0.3 is 16.4 Å². The van der Waals surface area contributed by atoms with Crippen LogP contribution in [0.4, 0.5) is 4.39 Å². The van der Waals surface area contributed by atoms with Crippen molar-refractivity contribution in [2.45, 2.75) is 32.2 Å². The van der Waals surface area contributed by atoms with Gasteiger partial charge in [-0.05, 0) is 25.5 Å². The van der Waals surface area contributed by atoms with Gasteiger partial charge in [0.1, 0.15) is 5.82 Å². The summed E-state index contributed by atoms with van der Waals surface area (Å²) in [7, 11) is 0. The van der Waals surface area contributed by atoms with Crippen molar-refractivity contribution in [2.24, 2.45) is 5.73 Å². The molecule has 0 aliphatic rings. The van der Waals surface area contributed by atoms with E-state index in [9.17, 15) is 14.0 Å². The molecule has 5 nitrogen and oxygen atoms in total. The number of benzene rings is 1. The van der Waals surface area contributed by atoms with E-state index in [2.05, 4.69) is 10.6 Å². The van der Waals surface area contributed by atoms with Crippen molar-refractivity contribution in [1.82, 2.24) is 10.6 Å². The zero-order valence-corrected chi connectivity index (χ0v) is 13.6. The number of carbonyl (C=O) groups is 2. The average molecular weight is 332 g/mol. The molecule has 2 amide bonds. The third kappa shape index (κ3) is 5.99. The molecular formula is C15H23ClFN3O2. The van der Waals surface area contributed by atoms with Gasteiger partial charge in [0.2, 0.25) is 5.91 Å². The fraction of sp³-hybridized carbons (Fsp3) is 0.467. The minimum Gasteiger partial charge on any atom is -0.353 e. The molecule has 1 atom stereocenters. The predicted octanol–water partition coefficient (Wildman–Crippen LogP) is 1.61. The van der Waals surface area contributed by atoms with Crippen molar-refractivity contribution in [3.8, 4) is 0 Å². The van der Waals surface area contributed by atoms with Crippen LogP contribution in [0.3, 0.4) is 0 Å². The fourth-order valence-electron chi connectivity index (χ4n) is 1.93. The normalized spacial score (nSPS) is 12.7. The zero-order valence-electron chi connectivity index (χ0n) is 12.8. The summed E-state index contributed by atoms with van der Waals surface area (Å²) in [5.41, 5.74) is 4.95. The van der Waals surface area contributed by atoms with Gasteiger partial charge in [-0.2, -0.15) is 0 Å². The molecule has 0 fully saturated rings. The number of amides is 2. The minimum atomic E-state index is -0.912. The van der Waals surface area contributed by atoms with Gasteiger partial charge in [-0.1, -0.05) is 25.5 Å². The minimum absolute atomic E-state index is 0. The van der Waals surface area contributed by atoms with E-state index in [1.54, 1.807) is 13.0 Å². The van der Waals surface area contributed by atoms with E-state index in [1.165, 1.54) is 18.2 Å². The number of carbonyl (C=O) groups excluding carboxylic acids is 2. The molecule has 4 N–H and O–H groups in total. The Morgan fingerprint density at radius 1 is 1.23 bits per heavy atom.